The largest absolute Gasteiger partial charge is 0.368 e. The summed E-state index contributed by atoms with van der Waals surface area (Å²) in [6.45, 7) is -0.0238. The number of carbonyl (C=O) groups is 2. The lowest BCUT2D eigenvalue weighted by Crippen LogP contribution is -2.45. The molecule has 0 heterocycles. The van der Waals surface area contributed by atoms with Crippen LogP contribution >= 0.6 is 0 Å². The molecule has 5 heteroatoms. The molecule has 0 aliphatic heterocycles. The third-order valence-electron chi connectivity index (χ3n) is 4.79. The maximum Gasteiger partial charge on any atom is 0.237 e. The highest BCUT2D eigenvalue weighted by Gasteiger charge is 2.48. The average molecular weight is 304 g/mol. The quantitative estimate of drug-likeness (QED) is 0.906. The Kier molecular flexibility index (Phi) is 4.14. The van der Waals surface area contributed by atoms with Crippen LogP contribution in [0.1, 0.15) is 43.6 Å². The van der Waals surface area contributed by atoms with Gasteiger partial charge in [0, 0.05) is 12.0 Å². The van der Waals surface area contributed by atoms with Crippen LogP contribution in [0.15, 0.2) is 24.3 Å². The minimum Gasteiger partial charge on any atom is -0.368 e. The van der Waals surface area contributed by atoms with Crippen molar-refractivity contribution < 1.29 is 14.0 Å². The van der Waals surface area contributed by atoms with E-state index < -0.39 is 5.91 Å². The van der Waals surface area contributed by atoms with Crippen molar-refractivity contribution in [2.45, 2.75) is 44.1 Å². The second kappa shape index (κ2) is 6.07. The monoisotopic (exact) mass is 304 g/mol. The molecule has 1 aromatic carbocycles. The molecule has 0 radical (unpaired) electrons. The first-order chi connectivity index (χ1) is 10.6. The SMILES string of the molecule is NC(=O)CN(C(=O)[C@@H]1C[C@@H]1c1ccccc1F)C1CCCC1. The molecule has 4 nitrogen and oxygen atoms in total. The molecule has 2 N–H and O–H groups in total. The van der Waals surface area contributed by atoms with Gasteiger partial charge in [-0.05, 0) is 36.8 Å². The molecule has 2 atom stereocenters. The third-order valence-corrected chi connectivity index (χ3v) is 4.79. The topological polar surface area (TPSA) is 63.4 Å². The summed E-state index contributed by atoms with van der Waals surface area (Å²) < 4.78 is 13.8. The Morgan fingerprint density at radius 3 is 2.55 bits per heavy atom. The van der Waals surface area contributed by atoms with Crippen molar-refractivity contribution in [1.29, 1.82) is 0 Å². The maximum atomic E-state index is 13.8. The van der Waals surface area contributed by atoms with Crippen molar-refractivity contribution in [1.82, 2.24) is 4.90 Å². The van der Waals surface area contributed by atoms with Crippen molar-refractivity contribution in [3.63, 3.8) is 0 Å². The van der Waals surface area contributed by atoms with Gasteiger partial charge in [-0.1, -0.05) is 31.0 Å². The first-order valence-electron chi connectivity index (χ1n) is 7.91. The number of primary amides is 1. The lowest BCUT2D eigenvalue weighted by atomic mass is 10.1. The van der Waals surface area contributed by atoms with Gasteiger partial charge in [0.1, 0.15) is 5.82 Å². The zero-order chi connectivity index (χ0) is 15.7. The van der Waals surface area contributed by atoms with E-state index in [1.54, 1.807) is 23.1 Å². The minimum atomic E-state index is -0.483. The van der Waals surface area contributed by atoms with E-state index in [0.717, 1.165) is 25.7 Å². The van der Waals surface area contributed by atoms with Crippen LogP contribution in [0.5, 0.6) is 0 Å². The van der Waals surface area contributed by atoms with Gasteiger partial charge in [0.2, 0.25) is 11.8 Å². The summed E-state index contributed by atoms with van der Waals surface area (Å²) in [5.41, 5.74) is 5.90. The predicted octanol–water partition coefficient (Wildman–Crippen LogP) is 2.19. The summed E-state index contributed by atoms with van der Waals surface area (Å²) >= 11 is 0. The summed E-state index contributed by atoms with van der Waals surface area (Å²) in [7, 11) is 0. The summed E-state index contributed by atoms with van der Waals surface area (Å²) in [6.07, 6.45) is 4.66. The number of rotatable bonds is 5. The van der Waals surface area contributed by atoms with Gasteiger partial charge in [-0.15, -0.1) is 0 Å². The highest BCUT2D eigenvalue weighted by atomic mass is 19.1. The fourth-order valence-electron chi connectivity index (χ4n) is 3.57. The molecule has 118 valence electrons. The van der Waals surface area contributed by atoms with Gasteiger partial charge in [-0.2, -0.15) is 0 Å². The Morgan fingerprint density at radius 2 is 1.91 bits per heavy atom. The van der Waals surface area contributed by atoms with Gasteiger partial charge in [-0.3, -0.25) is 9.59 Å². The predicted molar refractivity (Wildman–Crippen MR) is 80.4 cm³/mol. The van der Waals surface area contributed by atoms with Crippen LogP contribution in [0.2, 0.25) is 0 Å². The molecule has 2 fully saturated rings. The molecule has 0 unspecified atom stereocenters. The van der Waals surface area contributed by atoms with Crippen LogP contribution in [0, 0.1) is 11.7 Å². The molecule has 0 spiro atoms. The van der Waals surface area contributed by atoms with Crippen molar-refractivity contribution in [2.24, 2.45) is 11.7 Å². The molecular formula is C17H21FN2O2. The lowest BCUT2D eigenvalue weighted by molar-refractivity contribution is -0.138. The molecule has 2 amide bonds. The van der Waals surface area contributed by atoms with Crippen molar-refractivity contribution >= 4 is 11.8 Å². The fourth-order valence-corrected chi connectivity index (χ4v) is 3.57. The van der Waals surface area contributed by atoms with E-state index in [0.29, 0.717) is 12.0 Å². The first kappa shape index (κ1) is 15.0. The lowest BCUT2D eigenvalue weighted by Gasteiger charge is -2.28. The number of hydrogen-bond acceptors (Lipinski definition) is 2. The highest BCUT2D eigenvalue weighted by molar-refractivity contribution is 5.87. The van der Waals surface area contributed by atoms with Crippen LogP contribution in [0.25, 0.3) is 0 Å². The molecule has 0 bridgehead atoms. The Labute approximate surface area is 129 Å². The smallest absolute Gasteiger partial charge is 0.237 e. The average Bonchev–Trinajstić information content (AvgIpc) is 3.09. The zero-order valence-electron chi connectivity index (χ0n) is 12.5. The van der Waals surface area contributed by atoms with Gasteiger partial charge < -0.3 is 10.6 Å². The van der Waals surface area contributed by atoms with Crippen molar-refractivity contribution in [3.05, 3.63) is 35.6 Å². The number of nitrogens with two attached hydrogens (primary N) is 1. The molecule has 0 aromatic heterocycles. The van der Waals surface area contributed by atoms with E-state index in [1.165, 1.54) is 6.07 Å². The standard InChI is InChI=1S/C17H21FN2O2/c18-15-8-4-3-7-12(15)13-9-14(13)17(22)20(10-16(19)21)11-5-1-2-6-11/h3-4,7-8,11,13-14H,1-2,5-6,9-10H2,(H2,19,21)/t13-,14-/m1/s1. The van der Waals surface area contributed by atoms with Gasteiger partial charge >= 0.3 is 0 Å². The molecule has 0 saturated heterocycles. The van der Waals surface area contributed by atoms with Crippen LogP contribution in [0.4, 0.5) is 4.39 Å². The Morgan fingerprint density at radius 1 is 1.23 bits per heavy atom. The maximum absolute atomic E-state index is 13.8. The number of halogens is 1. The highest BCUT2D eigenvalue weighted by Crippen LogP contribution is 2.49. The normalized spacial score (nSPS) is 24.2. The Hall–Kier alpha value is -1.91. The van der Waals surface area contributed by atoms with E-state index in [2.05, 4.69) is 0 Å². The summed E-state index contributed by atoms with van der Waals surface area (Å²) in [6, 6.07) is 6.71. The van der Waals surface area contributed by atoms with Crippen molar-refractivity contribution in [3.8, 4) is 0 Å². The third kappa shape index (κ3) is 2.98. The van der Waals surface area contributed by atoms with Crippen molar-refractivity contribution in [2.75, 3.05) is 6.54 Å². The zero-order valence-corrected chi connectivity index (χ0v) is 12.5. The molecule has 22 heavy (non-hydrogen) atoms. The number of benzene rings is 1. The molecule has 2 aliphatic rings. The van der Waals surface area contributed by atoms with Gasteiger partial charge in [0.05, 0.1) is 6.54 Å². The van der Waals surface area contributed by atoms with E-state index >= 15 is 0 Å². The Balaban J connectivity index is 1.72. The first-order valence-corrected chi connectivity index (χ1v) is 7.91. The minimum absolute atomic E-state index is 0.0238. The second-order valence-electron chi connectivity index (χ2n) is 6.34. The molecular weight excluding hydrogens is 283 g/mol. The van der Waals surface area contributed by atoms with Gasteiger partial charge in [0.15, 0.2) is 0 Å². The fraction of sp³-hybridized carbons (Fsp3) is 0.529. The molecule has 1 aromatic rings. The van der Waals surface area contributed by atoms with E-state index in [1.807, 2.05) is 0 Å². The van der Waals surface area contributed by atoms with E-state index in [-0.39, 0.29) is 36.1 Å². The number of carbonyl (C=O) groups excluding carboxylic acids is 2. The molecule has 3 rings (SSSR count). The number of nitrogens with zero attached hydrogens (tertiary/aromatic N) is 1. The summed E-state index contributed by atoms with van der Waals surface area (Å²) in [5.74, 6) is -1.06. The van der Waals surface area contributed by atoms with Gasteiger partial charge in [0.25, 0.3) is 0 Å². The number of hydrogen-bond donors (Lipinski definition) is 1. The summed E-state index contributed by atoms with van der Waals surface area (Å²) in [4.78, 5) is 25.6. The van der Waals surface area contributed by atoms with E-state index in [9.17, 15) is 14.0 Å². The Bertz CT molecular complexity index is 584. The molecule has 2 saturated carbocycles. The van der Waals surface area contributed by atoms with Crippen LogP contribution in [0.3, 0.4) is 0 Å². The van der Waals surface area contributed by atoms with Crippen LogP contribution < -0.4 is 5.73 Å². The summed E-state index contributed by atoms with van der Waals surface area (Å²) in [5, 5.41) is 0. The molecule has 2 aliphatic carbocycles. The van der Waals surface area contributed by atoms with Crippen LogP contribution in [-0.4, -0.2) is 29.3 Å². The second-order valence-corrected chi connectivity index (χ2v) is 6.34. The number of amides is 2. The van der Waals surface area contributed by atoms with E-state index in [4.69, 9.17) is 5.73 Å². The van der Waals surface area contributed by atoms with Gasteiger partial charge in [-0.25, -0.2) is 4.39 Å². The van der Waals surface area contributed by atoms with Crippen LogP contribution in [-0.2, 0) is 9.59 Å².